The van der Waals surface area contributed by atoms with Gasteiger partial charge in [0.25, 0.3) is 0 Å². The lowest BCUT2D eigenvalue weighted by molar-refractivity contribution is 0.0691. The van der Waals surface area contributed by atoms with E-state index in [0.717, 1.165) is 11.3 Å². The lowest BCUT2D eigenvalue weighted by Gasteiger charge is -1.92. The Bertz CT molecular complexity index is 512. The zero-order valence-electron chi connectivity index (χ0n) is 8.33. The summed E-state index contributed by atoms with van der Waals surface area (Å²) in [5.41, 5.74) is 2.62. The molecule has 0 aliphatic heterocycles. The minimum atomic E-state index is -1.03. The maximum absolute atomic E-state index is 10.6. The lowest BCUT2D eigenvalue weighted by atomic mass is 10.2. The topological polar surface area (TPSA) is 94.7 Å². The molecule has 2 aromatic heterocycles. The molecule has 0 amide bonds. The first kappa shape index (κ1) is 9.45. The van der Waals surface area contributed by atoms with Crippen LogP contribution >= 0.6 is 0 Å². The van der Waals surface area contributed by atoms with Gasteiger partial charge in [0.05, 0.1) is 6.20 Å². The van der Waals surface area contributed by atoms with E-state index in [4.69, 9.17) is 5.11 Å². The van der Waals surface area contributed by atoms with E-state index in [2.05, 4.69) is 20.2 Å². The number of aromatic nitrogens is 4. The fourth-order valence-electron chi connectivity index (χ4n) is 1.27. The maximum Gasteiger partial charge on any atom is 0.353 e. The number of nitrogens with one attached hydrogen (secondary N) is 2. The highest BCUT2D eigenvalue weighted by Crippen LogP contribution is 2.19. The minimum Gasteiger partial charge on any atom is -0.477 e. The van der Waals surface area contributed by atoms with Gasteiger partial charge in [-0.25, -0.2) is 9.78 Å². The van der Waals surface area contributed by atoms with Crippen molar-refractivity contribution in [3.8, 4) is 11.5 Å². The first-order valence-corrected chi connectivity index (χ1v) is 4.40. The Hall–Kier alpha value is -2.11. The summed E-state index contributed by atoms with van der Waals surface area (Å²) < 4.78 is 0. The summed E-state index contributed by atoms with van der Waals surface area (Å²) in [7, 11) is 0. The summed E-state index contributed by atoms with van der Waals surface area (Å²) in [4.78, 5) is 17.3. The van der Waals surface area contributed by atoms with Crippen LogP contribution in [0.25, 0.3) is 11.5 Å². The van der Waals surface area contributed by atoms with Crippen LogP contribution in [-0.2, 0) is 0 Å². The molecule has 2 rings (SSSR count). The van der Waals surface area contributed by atoms with Crippen molar-refractivity contribution < 1.29 is 9.90 Å². The fraction of sp³-hybridized carbons (Fsp3) is 0.222. The zero-order chi connectivity index (χ0) is 11.0. The molecule has 0 aromatic carbocycles. The van der Waals surface area contributed by atoms with Gasteiger partial charge in [-0.1, -0.05) is 0 Å². The van der Waals surface area contributed by atoms with E-state index < -0.39 is 5.97 Å². The molecule has 78 valence electrons. The summed E-state index contributed by atoms with van der Waals surface area (Å²) >= 11 is 0. The van der Waals surface area contributed by atoms with Crippen LogP contribution in [0.3, 0.4) is 0 Å². The van der Waals surface area contributed by atoms with Gasteiger partial charge < -0.3 is 10.1 Å². The van der Waals surface area contributed by atoms with E-state index in [1.165, 1.54) is 6.20 Å². The van der Waals surface area contributed by atoms with Gasteiger partial charge in [0, 0.05) is 11.3 Å². The summed E-state index contributed by atoms with van der Waals surface area (Å²) in [5.74, 6) is -0.562. The molecule has 0 bridgehead atoms. The Kier molecular flexibility index (Phi) is 2.03. The van der Waals surface area contributed by atoms with E-state index in [9.17, 15) is 4.79 Å². The average molecular weight is 206 g/mol. The van der Waals surface area contributed by atoms with Gasteiger partial charge in [0.2, 0.25) is 0 Å². The van der Waals surface area contributed by atoms with Crippen molar-refractivity contribution in [2.24, 2.45) is 0 Å². The Labute approximate surface area is 85.4 Å². The number of hydrogen-bond acceptors (Lipinski definition) is 3. The van der Waals surface area contributed by atoms with E-state index in [1.54, 1.807) is 0 Å². The highest BCUT2D eigenvalue weighted by Gasteiger charge is 2.13. The smallest absolute Gasteiger partial charge is 0.353 e. The van der Waals surface area contributed by atoms with Crippen molar-refractivity contribution in [1.82, 2.24) is 20.2 Å². The van der Waals surface area contributed by atoms with Crippen LogP contribution in [0.5, 0.6) is 0 Å². The molecule has 6 nitrogen and oxygen atoms in total. The molecule has 3 N–H and O–H groups in total. The first-order valence-electron chi connectivity index (χ1n) is 4.40. The molecule has 0 aliphatic rings. The Morgan fingerprint density at radius 3 is 2.67 bits per heavy atom. The predicted molar refractivity (Wildman–Crippen MR) is 52.6 cm³/mol. The molecule has 15 heavy (non-hydrogen) atoms. The molecule has 0 atom stereocenters. The number of carboxylic acid groups (broad SMARTS) is 1. The molecular formula is C9H10N4O2. The number of aromatic amines is 2. The Morgan fingerprint density at radius 2 is 2.20 bits per heavy atom. The van der Waals surface area contributed by atoms with E-state index in [-0.39, 0.29) is 5.69 Å². The van der Waals surface area contributed by atoms with Crippen LogP contribution in [0.2, 0.25) is 0 Å². The normalized spacial score (nSPS) is 10.5. The second-order valence-electron chi connectivity index (χ2n) is 3.27. The molecule has 0 radical (unpaired) electrons. The van der Waals surface area contributed by atoms with Gasteiger partial charge >= 0.3 is 5.97 Å². The fourth-order valence-corrected chi connectivity index (χ4v) is 1.27. The lowest BCUT2D eigenvalue weighted by Crippen LogP contribution is -1.95. The number of nitrogens with zero attached hydrogens (tertiary/aromatic N) is 2. The molecule has 0 saturated carbocycles. The largest absolute Gasteiger partial charge is 0.477 e. The van der Waals surface area contributed by atoms with Gasteiger partial charge in [-0.15, -0.1) is 0 Å². The summed E-state index contributed by atoms with van der Waals surface area (Å²) in [6, 6.07) is 0. The number of aryl methyl sites for hydroxylation is 1. The van der Waals surface area contributed by atoms with Crippen LogP contribution in [0, 0.1) is 13.8 Å². The van der Waals surface area contributed by atoms with Crippen LogP contribution in [0.1, 0.15) is 21.7 Å². The van der Waals surface area contributed by atoms with Crippen molar-refractivity contribution in [3.63, 3.8) is 0 Å². The summed E-state index contributed by atoms with van der Waals surface area (Å²) in [6.07, 6.45) is 1.28. The van der Waals surface area contributed by atoms with E-state index in [1.807, 2.05) is 13.8 Å². The third-order valence-electron chi connectivity index (χ3n) is 2.28. The van der Waals surface area contributed by atoms with E-state index >= 15 is 0 Å². The number of rotatable bonds is 2. The van der Waals surface area contributed by atoms with Crippen LogP contribution < -0.4 is 0 Å². The van der Waals surface area contributed by atoms with Gasteiger partial charge in [-0.2, -0.15) is 5.10 Å². The summed E-state index contributed by atoms with van der Waals surface area (Å²) in [6.45, 7) is 3.80. The number of hydrogen-bond donors (Lipinski definition) is 3. The maximum atomic E-state index is 10.6. The number of imidazole rings is 1. The standard InChI is InChI=1S/C9H10N4O2/c1-4-5(2)12-13-7(4)8-10-3-6(11-8)9(14)15/h3H,1-2H3,(H,10,11)(H,12,13)(H,14,15). The second-order valence-corrected chi connectivity index (χ2v) is 3.27. The van der Waals surface area contributed by atoms with Crippen LogP contribution in [0.15, 0.2) is 6.20 Å². The van der Waals surface area contributed by atoms with Gasteiger partial charge in [0.1, 0.15) is 11.4 Å². The van der Waals surface area contributed by atoms with Crippen LogP contribution in [-0.4, -0.2) is 31.2 Å². The highest BCUT2D eigenvalue weighted by molar-refractivity contribution is 5.85. The molecule has 2 aromatic rings. The van der Waals surface area contributed by atoms with E-state index in [0.29, 0.717) is 11.5 Å². The zero-order valence-corrected chi connectivity index (χ0v) is 8.33. The highest BCUT2D eigenvalue weighted by atomic mass is 16.4. The Balaban J connectivity index is 2.46. The number of H-pyrrole nitrogens is 2. The van der Waals surface area contributed by atoms with Crippen molar-refractivity contribution in [2.45, 2.75) is 13.8 Å². The minimum absolute atomic E-state index is 0.0602. The third kappa shape index (κ3) is 1.50. The van der Waals surface area contributed by atoms with Gasteiger partial charge in [-0.05, 0) is 13.8 Å². The van der Waals surface area contributed by atoms with Crippen molar-refractivity contribution in [2.75, 3.05) is 0 Å². The van der Waals surface area contributed by atoms with Crippen molar-refractivity contribution in [1.29, 1.82) is 0 Å². The SMILES string of the molecule is Cc1[nH]nc(-c2ncc(C(=O)O)[nH]2)c1C. The molecule has 0 spiro atoms. The molecule has 2 heterocycles. The monoisotopic (exact) mass is 206 g/mol. The quantitative estimate of drug-likeness (QED) is 0.686. The number of aromatic carboxylic acids is 1. The number of carboxylic acids is 1. The van der Waals surface area contributed by atoms with Crippen molar-refractivity contribution in [3.05, 3.63) is 23.1 Å². The Morgan fingerprint density at radius 1 is 1.47 bits per heavy atom. The van der Waals surface area contributed by atoms with Gasteiger partial charge in [0.15, 0.2) is 5.82 Å². The molecule has 0 aliphatic carbocycles. The predicted octanol–water partition coefficient (Wildman–Crippen LogP) is 1.11. The molecule has 0 fully saturated rings. The summed E-state index contributed by atoms with van der Waals surface area (Å²) in [5, 5.41) is 15.6. The molecular weight excluding hydrogens is 196 g/mol. The van der Waals surface area contributed by atoms with Gasteiger partial charge in [-0.3, -0.25) is 5.10 Å². The molecule has 0 saturated heterocycles. The van der Waals surface area contributed by atoms with Crippen LogP contribution in [0.4, 0.5) is 0 Å². The molecule has 6 heteroatoms. The third-order valence-corrected chi connectivity index (χ3v) is 2.28. The second kappa shape index (κ2) is 3.23. The number of carbonyl (C=O) groups is 1. The van der Waals surface area contributed by atoms with Crippen molar-refractivity contribution >= 4 is 5.97 Å². The molecule has 0 unspecified atom stereocenters. The average Bonchev–Trinajstić information content (AvgIpc) is 2.76. The first-order chi connectivity index (χ1) is 7.09.